The summed E-state index contributed by atoms with van der Waals surface area (Å²) in [4.78, 5) is 11.1. The van der Waals surface area contributed by atoms with Crippen molar-refractivity contribution in [3.05, 3.63) is 10.7 Å². The molecule has 1 unspecified atom stereocenters. The van der Waals surface area contributed by atoms with Crippen LogP contribution in [-0.2, 0) is 0 Å². The number of halogens is 1. The fourth-order valence-electron chi connectivity index (χ4n) is 2.31. The smallest absolute Gasteiger partial charge is 0.232 e. The third kappa shape index (κ3) is 4.04. The van der Waals surface area contributed by atoms with Crippen LogP contribution in [0.2, 0.25) is 0 Å². The maximum Gasteiger partial charge on any atom is 0.232 e. The van der Waals surface area contributed by atoms with Crippen LogP contribution in [0.1, 0.15) is 26.2 Å². The summed E-state index contributed by atoms with van der Waals surface area (Å²) in [5.41, 5.74) is 0. The van der Waals surface area contributed by atoms with E-state index in [4.69, 9.17) is 4.74 Å². The molecule has 2 rings (SSSR count). The number of likely N-dealkylation sites (tertiary alicyclic amines) is 1. The fourth-order valence-corrected chi connectivity index (χ4v) is 2.66. The SMILES string of the molecule is COc1nc(NCC(C)N2CCCCC2)ncc1Br. The zero-order chi connectivity index (χ0) is 13.7. The molecule has 1 saturated heterocycles. The van der Waals surface area contributed by atoms with Gasteiger partial charge < -0.3 is 10.1 Å². The predicted molar refractivity (Wildman–Crippen MR) is 79.7 cm³/mol. The molecule has 6 heteroatoms. The van der Waals surface area contributed by atoms with E-state index in [1.807, 2.05) is 0 Å². The minimum atomic E-state index is 0.499. The highest BCUT2D eigenvalue weighted by Gasteiger charge is 2.16. The van der Waals surface area contributed by atoms with Gasteiger partial charge in [0.2, 0.25) is 11.8 Å². The summed E-state index contributed by atoms with van der Waals surface area (Å²) in [6.07, 6.45) is 5.70. The summed E-state index contributed by atoms with van der Waals surface area (Å²) in [6, 6.07) is 0.499. The third-order valence-corrected chi connectivity index (χ3v) is 4.02. The Morgan fingerprint density at radius 3 is 2.84 bits per heavy atom. The Hall–Kier alpha value is -0.880. The lowest BCUT2D eigenvalue weighted by molar-refractivity contribution is 0.180. The van der Waals surface area contributed by atoms with Gasteiger partial charge >= 0.3 is 0 Å². The molecule has 1 aliphatic heterocycles. The van der Waals surface area contributed by atoms with Crippen LogP contribution < -0.4 is 10.1 Å². The number of aromatic nitrogens is 2. The molecule has 0 bridgehead atoms. The van der Waals surface area contributed by atoms with Gasteiger partial charge in [-0.2, -0.15) is 4.98 Å². The van der Waals surface area contributed by atoms with E-state index < -0.39 is 0 Å². The van der Waals surface area contributed by atoms with Crippen molar-refractivity contribution in [2.24, 2.45) is 0 Å². The number of nitrogens with one attached hydrogen (secondary N) is 1. The number of hydrogen-bond donors (Lipinski definition) is 1. The van der Waals surface area contributed by atoms with Crippen LogP contribution >= 0.6 is 15.9 Å². The normalized spacial score (nSPS) is 18.1. The summed E-state index contributed by atoms with van der Waals surface area (Å²) < 4.78 is 5.93. The lowest BCUT2D eigenvalue weighted by atomic mass is 10.1. The summed E-state index contributed by atoms with van der Waals surface area (Å²) in [5, 5.41) is 3.28. The molecule has 1 fully saturated rings. The molecule has 0 spiro atoms. The largest absolute Gasteiger partial charge is 0.480 e. The molecule has 1 aromatic heterocycles. The summed E-state index contributed by atoms with van der Waals surface area (Å²) in [5.74, 6) is 1.17. The highest BCUT2D eigenvalue weighted by molar-refractivity contribution is 9.10. The molecular formula is C13H21BrN4O. The second-order valence-electron chi connectivity index (χ2n) is 4.88. The lowest BCUT2D eigenvalue weighted by Crippen LogP contribution is -2.41. The predicted octanol–water partition coefficient (Wildman–Crippen LogP) is 2.53. The van der Waals surface area contributed by atoms with Gasteiger partial charge in [0, 0.05) is 12.6 Å². The molecule has 19 heavy (non-hydrogen) atoms. The van der Waals surface area contributed by atoms with Gasteiger partial charge in [-0.1, -0.05) is 6.42 Å². The lowest BCUT2D eigenvalue weighted by Gasteiger charge is -2.32. The standard InChI is InChI=1S/C13H21BrN4O/c1-10(18-6-4-3-5-7-18)8-15-13-16-9-11(14)12(17-13)19-2/h9-10H,3-8H2,1-2H3,(H,15,16,17). The van der Waals surface area contributed by atoms with Gasteiger partial charge in [0.25, 0.3) is 0 Å². The average molecular weight is 329 g/mol. The summed E-state index contributed by atoms with van der Waals surface area (Å²) in [7, 11) is 1.60. The Balaban J connectivity index is 1.87. The zero-order valence-electron chi connectivity index (χ0n) is 11.5. The first kappa shape index (κ1) is 14.5. The van der Waals surface area contributed by atoms with E-state index in [9.17, 15) is 0 Å². The third-order valence-electron chi connectivity index (χ3n) is 3.47. The van der Waals surface area contributed by atoms with Crippen LogP contribution in [0, 0.1) is 0 Å². The maximum atomic E-state index is 5.16. The number of anilines is 1. The van der Waals surface area contributed by atoms with Crippen molar-refractivity contribution in [2.75, 3.05) is 32.1 Å². The number of hydrogen-bond acceptors (Lipinski definition) is 5. The van der Waals surface area contributed by atoms with E-state index in [0.717, 1.165) is 11.0 Å². The Morgan fingerprint density at radius 1 is 1.42 bits per heavy atom. The molecule has 1 atom stereocenters. The van der Waals surface area contributed by atoms with Gasteiger partial charge in [-0.25, -0.2) is 4.98 Å². The second kappa shape index (κ2) is 7.05. The van der Waals surface area contributed by atoms with Gasteiger partial charge in [0.15, 0.2) is 0 Å². The van der Waals surface area contributed by atoms with Crippen molar-refractivity contribution in [3.63, 3.8) is 0 Å². The first-order chi connectivity index (χ1) is 9.20. The van der Waals surface area contributed by atoms with Crippen molar-refractivity contribution >= 4 is 21.9 Å². The highest BCUT2D eigenvalue weighted by atomic mass is 79.9. The number of methoxy groups -OCH3 is 1. The van der Waals surface area contributed by atoms with Crippen molar-refractivity contribution in [3.8, 4) is 5.88 Å². The Kier molecular flexibility index (Phi) is 5.39. The van der Waals surface area contributed by atoms with Gasteiger partial charge in [-0.15, -0.1) is 0 Å². The van der Waals surface area contributed by atoms with Crippen molar-refractivity contribution in [1.29, 1.82) is 0 Å². The Labute approximate surface area is 122 Å². The van der Waals surface area contributed by atoms with Gasteiger partial charge in [-0.05, 0) is 48.8 Å². The number of piperidine rings is 1. The van der Waals surface area contributed by atoms with Crippen molar-refractivity contribution < 1.29 is 4.74 Å². The quantitative estimate of drug-likeness (QED) is 0.900. The molecule has 0 amide bonds. The molecule has 0 saturated carbocycles. The maximum absolute atomic E-state index is 5.16. The number of rotatable bonds is 5. The fraction of sp³-hybridized carbons (Fsp3) is 0.692. The van der Waals surface area contributed by atoms with Crippen LogP contribution in [0.5, 0.6) is 5.88 Å². The minimum Gasteiger partial charge on any atom is -0.480 e. The van der Waals surface area contributed by atoms with Gasteiger partial charge in [-0.3, -0.25) is 4.90 Å². The van der Waals surface area contributed by atoms with Crippen LogP contribution in [0.25, 0.3) is 0 Å². The topological polar surface area (TPSA) is 50.3 Å². The monoisotopic (exact) mass is 328 g/mol. The molecule has 1 aromatic rings. The number of ether oxygens (including phenoxy) is 1. The molecule has 1 N–H and O–H groups in total. The van der Waals surface area contributed by atoms with E-state index >= 15 is 0 Å². The van der Waals surface area contributed by atoms with E-state index in [0.29, 0.717) is 17.9 Å². The molecule has 0 aliphatic carbocycles. The molecule has 0 radical (unpaired) electrons. The van der Waals surface area contributed by atoms with E-state index in [2.05, 4.69) is 43.0 Å². The average Bonchev–Trinajstić information content (AvgIpc) is 2.47. The molecule has 106 valence electrons. The minimum absolute atomic E-state index is 0.499. The van der Waals surface area contributed by atoms with Crippen LogP contribution in [0.3, 0.4) is 0 Å². The zero-order valence-corrected chi connectivity index (χ0v) is 13.1. The van der Waals surface area contributed by atoms with E-state index in [-0.39, 0.29) is 0 Å². The van der Waals surface area contributed by atoms with Crippen LogP contribution in [0.15, 0.2) is 10.7 Å². The summed E-state index contributed by atoms with van der Waals surface area (Å²) >= 11 is 3.35. The second-order valence-corrected chi connectivity index (χ2v) is 5.73. The van der Waals surface area contributed by atoms with E-state index in [1.165, 1.54) is 32.4 Å². The first-order valence-corrected chi connectivity index (χ1v) is 7.54. The Bertz CT molecular complexity index is 410. The number of nitrogens with zero attached hydrogens (tertiary/aromatic N) is 3. The van der Waals surface area contributed by atoms with Crippen molar-refractivity contribution in [2.45, 2.75) is 32.2 Å². The molecule has 0 aromatic carbocycles. The summed E-state index contributed by atoms with van der Waals surface area (Å²) in [6.45, 7) is 5.50. The van der Waals surface area contributed by atoms with Crippen LogP contribution in [0.4, 0.5) is 5.95 Å². The molecule has 2 heterocycles. The highest BCUT2D eigenvalue weighted by Crippen LogP contribution is 2.21. The van der Waals surface area contributed by atoms with Crippen LogP contribution in [-0.4, -0.2) is 47.7 Å². The van der Waals surface area contributed by atoms with Gasteiger partial charge in [0.1, 0.15) is 0 Å². The van der Waals surface area contributed by atoms with E-state index in [1.54, 1.807) is 13.3 Å². The molecule has 1 aliphatic rings. The van der Waals surface area contributed by atoms with Crippen molar-refractivity contribution in [1.82, 2.24) is 14.9 Å². The first-order valence-electron chi connectivity index (χ1n) is 6.75. The Morgan fingerprint density at radius 2 is 2.16 bits per heavy atom. The molecular weight excluding hydrogens is 308 g/mol. The van der Waals surface area contributed by atoms with Gasteiger partial charge in [0.05, 0.1) is 17.8 Å². The molecule has 5 nitrogen and oxygen atoms in total.